The van der Waals surface area contributed by atoms with Crippen molar-refractivity contribution >= 4 is 0 Å². The molecular formula is C18H25NO2. The van der Waals surface area contributed by atoms with Gasteiger partial charge in [-0.05, 0) is 62.5 Å². The minimum absolute atomic E-state index is 0.0704. The first kappa shape index (κ1) is 13.6. The first-order valence-electron chi connectivity index (χ1n) is 8.21. The third kappa shape index (κ3) is 1.56. The average Bonchev–Trinajstić information content (AvgIpc) is 2.51. The van der Waals surface area contributed by atoms with E-state index in [1.165, 1.54) is 30.4 Å². The predicted molar refractivity (Wildman–Crippen MR) is 82.7 cm³/mol. The Kier molecular flexibility index (Phi) is 2.89. The summed E-state index contributed by atoms with van der Waals surface area (Å²) < 4.78 is 6.28. The molecule has 0 aromatic heterocycles. The standard InChI is InChI=1S/C18H25NO2/c1-19-10-9-17-7-3-4-8-18(17,21-2)16(19)11-13-5-6-14(20)12-15(13)17/h5-6,12,16,20H,3-4,7-11H2,1-2H3/t16-,17+,18-/m1/s1. The quantitative estimate of drug-likeness (QED) is 0.862. The van der Waals surface area contributed by atoms with Crippen molar-refractivity contribution in [3.05, 3.63) is 29.3 Å². The molecule has 0 spiro atoms. The molecule has 1 aromatic carbocycles. The van der Waals surface area contributed by atoms with E-state index in [4.69, 9.17) is 4.74 Å². The van der Waals surface area contributed by atoms with Crippen LogP contribution >= 0.6 is 0 Å². The number of piperidine rings is 1. The van der Waals surface area contributed by atoms with Crippen molar-refractivity contribution in [2.75, 3.05) is 20.7 Å². The van der Waals surface area contributed by atoms with Crippen LogP contribution in [-0.4, -0.2) is 42.4 Å². The number of likely N-dealkylation sites (tertiary alicyclic amines) is 1. The van der Waals surface area contributed by atoms with E-state index in [1.54, 1.807) is 0 Å². The van der Waals surface area contributed by atoms with Gasteiger partial charge in [-0.1, -0.05) is 18.9 Å². The van der Waals surface area contributed by atoms with Crippen molar-refractivity contribution in [3.8, 4) is 5.75 Å². The van der Waals surface area contributed by atoms with Crippen LogP contribution in [0.15, 0.2) is 18.2 Å². The van der Waals surface area contributed by atoms with Crippen LogP contribution in [0.2, 0.25) is 0 Å². The van der Waals surface area contributed by atoms with E-state index < -0.39 is 0 Å². The van der Waals surface area contributed by atoms with E-state index in [0.29, 0.717) is 11.8 Å². The van der Waals surface area contributed by atoms with Crippen LogP contribution in [0.25, 0.3) is 0 Å². The monoisotopic (exact) mass is 287 g/mol. The number of likely N-dealkylation sites (N-methyl/N-ethyl adjacent to an activating group) is 1. The summed E-state index contributed by atoms with van der Waals surface area (Å²) in [5, 5.41) is 10.0. The summed E-state index contributed by atoms with van der Waals surface area (Å²) in [6.07, 6.45) is 7.06. The summed E-state index contributed by atoms with van der Waals surface area (Å²) in [5.41, 5.74) is 2.81. The molecule has 2 bridgehead atoms. The number of methoxy groups -OCH3 is 1. The number of hydrogen-bond donors (Lipinski definition) is 1. The number of benzene rings is 1. The van der Waals surface area contributed by atoms with Crippen molar-refractivity contribution in [2.24, 2.45) is 0 Å². The van der Waals surface area contributed by atoms with Crippen LogP contribution in [0.4, 0.5) is 0 Å². The molecular weight excluding hydrogens is 262 g/mol. The van der Waals surface area contributed by atoms with Crippen LogP contribution < -0.4 is 0 Å². The number of fused-ring (bicyclic) bond motifs is 1. The van der Waals surface area contributed by atoms with E-state index in [-0.39, 0.29) is 11.0 Å². The maximum Gasteiger partial charge on any atom is 0.115 e. The Morgan fingerprint density at radius 1 is 1.24 bits per heavy atom. The highest BCUT2D eigenvalue weighted by molar-refractivity contribution is 5.48. The smallest absolute Gasteiger partial charge is 0.115 e. The lowest BCUT2D eigenvalue weighted by atomic mass is 9.49. The summed E-state index contributed by atoms with van der Waals surface area (Å²) >= 11 is 0. The second-order valence-corrected chi connectivity index (χ2v) is 7.17. The minimum Gasteiger partial charge on any atom is -0.508 e. The molecule has 1 saturated heterocycles. The summed E-state index contributed by atoms with van der Waals surface area (Å²) in [7, 11) is 4.15. The molecule has 1 N–H and O–H groups in total. The second kappa shape index (κ2) is 4.47. The van der Waals surface area contributed by atoms with Gasteiger partial charge in [0.25, 0.3) is 0 Å². The van der Waals surface area contributed by atoms with Crippen LogP contribution in [0, 0.1) is 0 Å². The van der Waals surface area contributed by atoms with E-state index >= 15 is 0 Å². The lowest BCUT2D eigenvalue weighted by molar-refractivity contribution is -0.180. The summed E-state index contributed by atoms with van der Waals surface area (Å²) in [5.74, 6) is 0.399. The number of nitrogens with zero attached hydrogens (tertiary/aromatic N) is 1. The molecule has 3 nitrogen and oxygen atoms in total. The average molecular weight is 287 g/mol. The lowest BCUT2D eigenvalue weighted by Crippen LogP contribution is -2.72. The fourth-order valence-corrected chi connectivity index (χ4v) is 5.61. The fourth-order valence-electron chi connectivity index (χ4n) is 5.61. The topological polar surface area (TPSA) is 32.7 Å². The van der Waals surface area contributed by atoms with Crippen LogP contribution in [0.5, 0.6) is 5.75 Å². The highest BCUT2D eigenvalue weighted by Gasteiger charge is 2.63. The zero-order valence-corrected chi connectivity index (χ0v) is 13.1. The molecule has 1 aromatic rings. The minimum atomic E-state index is -0.0704. The van der Waals surface area contributed by atoms with Gasteiger partial charge in [0, 0.05) is 18.6 Å². The summed E-state index contributed by atoms with van der Waals surface area (Å²) in [6.45, 7) is 1.13. The van der Waals surface area contributed by atoms with Gasteiger partial charge < -0.3 is 14.7 Å². The van der Waals surface area contributed by atoms with E-state index in [0.717, 1.165) is 25.8 Å². The van der Waals surface area contributed by atoms with Gasteiger partial charge >= 0.3 is 0 Å². The molecule has 2 fully saturated rings. The molecule has 1 saturated carbocycles. The third-order valence-corrected chi connectivity index (χ3v) is 6.56. The molecule has 3 atom stereocenters. The summed E-state index contributed by atoms with van der Waals surface area (Å²) in [6, 6.07) is 6.46. The Morgan fingerprint density at radius 3 is 2.86 bits per heavy atom. The number of hydrogen-bond acceptors (Lipinski definition) is 3. The number of ether oxygens (including phenoxy) is 1. The maximum absolute atomic E-state index is 10.0. The Balaban J connectivity index is 1.98. The van der Waals surface area contributed by atoms with Gasteiger partial charge in [0.05, 0.1) is 5.60 Å². The first-order valence-corrected chi connectivity index (χ1v) is 8.21. The molecule has 3 heteroatoms. The molecule has 1 aliphatic heterocycles. The largest absolute Gasteiger partial charge is 0.508 e. The first-order chi connectivity index (χ1) is 10.1. The predicted octanol–water partition coefficient (Wildman–Crippen LogP) is 2.85. The highest BCUT2D eigenvalue weighted by Crippen LogP contribution is 2.59. The molecule has 4 rings (SSSR count). The molecule has 3 aliphatic rings. The number of phenols is 1. The van der Waals surface area contributed by atoms with Gasteiger partial charge in [0.15, 0.2) is 0 Å². The van der Waals surface area contributed by atoms with Gasteiger partial charge in [0.1, 0.15) is 5.75 Å². The van der Waals surface area contributed by atoms with E-state index in [9.17, 15) is 5.11 Å². The van der Waals surface area contributed by atoms with Crippen LogP contribution in [0.1, 0.15) is 43.2 Å². The number of phenolic OH excluding ortho intramolecular Hbond substituents is 1. The maximum atomic E-state index is 10.0. The molecule has 0 unspecified atom stereocenters. The fraction of sp³-hybridized carbons (Fsp3) is 0.667. The van der Waals surface area contributed by atoms with Crippen molar-refractivity contribution in [2.45, 2.75) is 55.6 Å². The summed E-state index contributed by atoms with van der Waals surface area (Å²) in [4.78, 5) is 2.50. The van der Waals surface area contributed by atoms with Crippen molar-refractivity contribution < 1.29 is 9.84 Å². The van der Waals surface area contributed by atoms with Crippen LogP contribution in [-0.2, 0) is 16.6 Å². The Hall–Kier alpha value is -1.06. The van der Waals surface area contributed by atoms with Crippen molar-refractivity contribution in [1.82, 2.24) is 4.90 Å². The SMILES string of the molecule is CO[C@@]12CCCC[C@@]13CCN(C)[C@@H]2Cc1ccc(O)cc13. The molecule has 0 amide bonds. The van der Waals surface area contributed by atoms with Gasteiger partial charge in [0.2, 0.25) is 0 Å². The molecule has 1 heterocycles. The lowest BCUT2D eigenvalue weighted by Gasteiger charge is -2.65. The molecule has 2 aliphatic carbocycles. The Labute approximate surface area is 126 Å². The molecule has 0 radical (unpaired) electrons. The van der Waals surface area contributed by atoms with Gasteiger partial charge in [-0.3, -0.25) is 0 Å². The molecule has 21 heavy (non-hydrogen) atoms. The second-order valence-electron chi connectivity index (χ2n) is 7.17. The van der Waals surface area contributed by atoms with Crippen molar-refractivity contribution in [3.63, 3.8) is 0 Å². The van der Waals surface area contributed by atoms with Crippen molar-refractivity contribution in [1.29, 1.82) is 0 Å². The van der Waals surface area contributed by atoms with Crippen LogP contribution in [0.3, 0.4) is 0 Å². The van der Waals surface area contributed by atoms with Gasteiger partial charge in [-0.15, -0.1) is 0 Å². The van der Waals surface area contributed by atoms with E-state index in [1.807, 2.05) is 19.2 Å². The Bertz CT molecular complexity index is 572. The van der Waals surface area contributed by atoms with Gasteiger partial charge in [-0.2, -0.15) is 0 Å². The number of rotatable bonds is 1. The van der Waals surface area contributed by atoms with Gasteiger partial charge in [-0.25, -0.2) is 0 Å². The van der Waals surface area contributed by atoms with E-state index in [2.05, 4.69) is 18.0 Å². The normalized spacial score (nSPS) is 38.7. The highest BCUT2D eigenvalue weighted by atomic mass is 16.5. The third-order valence-electron chi connectivity index (χ3n) is 6.56. The molecule has 114 valence electrons. The number of aromatic hydroxyl groups is 1. The zero-order valence-electron chi connectivity index (χ0n) is 13.1. The Morgan fingerprint density at radius 2 is 2.05 bits per heavy atom. The zero-order chi connectivity index (χ0) is 14.7.